The van der Waals surface area contributed by atoms with Crippen molar-refractivity contribution in [2.75, 3.05) is 37.7 Å². The molecule has 2 aliphatic rings. The number of sulfonamides is 1. The van der Waals surface area contributed by atoms with Crippen LogP contribution in [0, 0.1) is 0 Å². The molecular formula is C27H27F6N5O3S. The molecule has 1 aromatic heterocycles. The number of benzene rings is 2. The highest BCUT2D eigenvalue weighted by molar-refractivity contribution is 7.89. The van der Waals surface area contributed by atoms with E-state index in [1.807, 2.05) is 6.07 Å². The number of hydrogen-bond acceptors (Lipinski definition) is 7. The van der Waals surface area contributed by atoms with E-state index < -0.39 is 40.6 Å². The molecule has 2 aromatic carbocycles. The first-order valence-electron chi connectivity index (χ1n) is 13.3. The number of aryl methyl sites for hydroxylation is 2. The summed E-state index contributed by atoms with van der Waals surface area (Å²) in [6.45, 7) is -1.31. The molecule has 0 spiro atoms. The van der Waals surface area contributed by atoms with E-state index in [1.165, 1.54) is 16.4 Å². The summed E-state index contributed by atoms with van der Waals surface area (Å²) >= 11 is 0. The van der Waals surface area contributed by atoms with Crippen molar-refractivity contribution in [3.05, 3.63) is 70.5 Å². The van der Waals surface area contributed by atoms with Crippen molar-refractivity contribution < 1.29 is 39.5 Å². The Balaban J connectivity index is 1.34. The third-order valence-corrected chi connectivity index (χ3v) is 9.00. The van der Waals surface area contributed by atoms with E-state index in [-0.39, 0.29) is 54.8 Å². The smallest absolute Gasteiger partial charge is 0.422 e. The number of piperazine rings is 1. The van der Waals surface area contributed by atoms with Crippen LogP contribution in [0.1, 0.15) is 40.9 Å². The molecule has 15 heteroatoms. The van der Waals surface area contributed by atoms with Crippen molar-refractivity contribution in [1.82, 2.24) is 19.3 Å². The fourth-order valence-electron chi connectivity index (χ4n) is 5.01. The van der Waals surface area contributed by atoms with Crippen molar-refractivity contribution in [3.8, 4) is 6.01 Å². The van der Waals surface area contributed by atoms with Gasteiger partial charge in [-0.3, -0.25) is 0 Å². The maximum atomic E-state index is 13.4. The van der Waals surface area contributed by atoms with E-state index >= 15 is 0 Å². The Morgan fingerprint density at radius 3 is 2.24 bits per heavy atom. The fraction of sp³-hybridized carbons (Fsp3) is 0.444. The minimum Gasteiger partial charge on any atom is -0.454 e. The van der Waals surface area contributed by atoms with Gasteiger partial charge in [0.15, 0.2) is 6.61 Å². The van der Waals surface area contributed by atoms with Crippen LogP contribution in [0.15, 0.2) is 47.4 Å². The number of alkyl halides is 6. The maximum Gasteiger partial charge on any atom is 0.422 e. The molecule has 1 aliphatic carbocycles. The van der Waals surface area contributed by atoms with E-state index in [1.54, 1.807) is 17.0 Å². The predicted molar refractivity (Wildman–Crippen MR) is 140 cm³/mol. The summed E-state index contributed by atoms with van der Waals surface area (Å²) in [6.07, 6.45) is -5.66. The van der Waals surface area contributed by atoms with E-state index in [0.29, 0.717) is 0 Å². The van der Waals surface area contributed by atoms with E-state index in [4.69, 9.17) is 4.74 Å². The first-order valence-corrected chi connectivity index (χ1v) is 14.7. The Hall–Kier alpha value is -3.46. The summed E-state index contributed by atoms with van der Waals surface area (Å²) in [5.74, 6) is -0.157. The van der Waals surface area contributed by atoms with Crippen molar-refractivity contribution in [2.45, 2.75) is 49.4 Å². The van der Waals surface area contributed by atoms with Crippen molar-refractivity contribution in [2.24, 2.45) is 0 Å². The van der Waals surface area contributed by atoms with E-state index in [9.17, 15) is 34.8 Å². The molecule has 3 aromatic rings. The number of ether oxygens (including phenoxy) is 1. The lowest BCUT2D eigenvalue weighted by Crippen LogP contribution is -2.49. The second kappa shape index (κ2) is 11.7. The zero-order chi connectivity index (χ0) is 30.1. The standard InChI is InChI=1S/C27H27F6N5O3S/c28-26(29,30)17-41-25-35-23(15-18-4-3-7-21(14-18)27(31,32)33)34-24(36-25)37-10-12-38(13-11-37)42(39,40)22-9-8-19-5-1-2-6-20(19)16-22/h3-4,7-9,14,16H,1-2,5-6,10-13,15,17H2. The van der Waals surface area contributed by atoms with Gasteiger partial charge in [0, 0.05) is 32.6 Å². The highest BCUT2D eigenvalue weighted by Gasteiger charge is 2.33. The summed E-state index contributed by atoms with van der Waals surface area (Å²) in [5.41, 5.74) is 1.49. The number of anilines is 1. The van der Waals surface area contributed by atoms with Gasteiger partial charge < -0.3 is 9.64 Å². The Labute approximate surface area is 238 Å². The highest BCUT2D eigenvalue weighted by Crippen LogP contribution is 2.30. The number of fused-ring (bicyclic) bond motifs is 1. The molecule has 1 saturated heterocycles. The second-order valence-electron chi connectivity index (χ2n) is 10.1. The molecular weight excluding hydrogens is 588 g/mol. The van der Waals surface area contributed by atoms with Crippen LogP contribution < -0.4 is 9.64 Å². The van der Waals surface area contributed by atoms with Gasteiger partial charge in [0.05, 0.1) is 10.5 Å². The second-order valence-corrected chi connectivity index (χ2v) is 12.1. The third kappa shape index (κ3) is 7.12. The van der Waals surface area contributed by atoms with Crippen LogP contribution in [0.3, 0.4) is 0 Å². The molecule has 1 aliphatic heterocycles. The molecule has 0 amide bonds. The molecule has 42 heavy (non-hydrogen) atoms. The SMILES string of the molecule is O=S(=O)(c1ccc2c(c1)CCCC2)N1CCN(c2nc(Cc3cccc(C(F)(F)F)c3)nc(OCC(F)(F)F)n2)CC1. The minimum absolute atomic E-state index is 0.0602. The maximum absolute atomic E-state index is 13.4. The number of nitrogens with zero attached hydrogens (tertiary/aromatic N) is 5. The average molecular weight is 616 g/mol. The van der Waals surface area contributed by atoms with E-state index in [0.717, 1.165) is 48.9 Å². The van der Waals surface area contributed by atoms with Gasteiger partial charge in [0.1, 0.15) is 5.82 Å². The quantitative estimate of drug-likeness (QED) is 0.353. The van der Waals surface area contributed by atoms with Gasteiger partial charge in [0.25, 0.3) is 0 Å². The summed E-state index contributed by atoms with van der Waals surface area (Å²) < 4.78 is 111. The van der Waals surface area contributed by atoms with Gasteiger partial charge in [-0.2, -0.15) is 45.6 Å². The molecule has 0 atom stereocenters. The van der Waals surface area contributed by atoms with Gasteiger partial charge in [-0.15, -0.1) is 0 Å². The summed E-state index contributed by atoms with van der Waals surface area (Å²) in [7, 11) is -3.79. The summed E-state index contributed by atoms with van der Waals surface area (Å²) in [4.78, 5) is 13.9. The summed E-state index contributed by atoms with van der Waals surface area (Å²) in [5, 5.41) is 0. The number of hydrogen-bond donors (Lipinski definition) is 0. The van der Waals surface area contributed by atoms with Gasteiger partial charge in [-0.05, 0) is 60.6 Å². The van der Waals surface area contributed by atoms with Gasteiger partial charge in [0.2, 0.25) is 16.0 Å². The highest BCUT2D eigenvalue weighted by atomic mass is 32.2. The third-order valence-electron chi connectivity index (χ3n) is 7.11. The van der Waals surface area contributed by atoms with Gasteiger partial charge in [-0.25, -0.2) is 8.42 Å². The topological polar surface area (TPSA) is 88.5 Å². The minimum atomic E-state index is -4.68. The van der Waals surface area contributed by atoms with E-state index in [2.05, 4.69) is 15.0 Å². The van der Waals surface area contributed by atoms with Crippen LogP contribution in [-0.2, 0) is 35.5 Å². The Kier molecular flexibility index (Phi) is 8.34. The Morgan fingerprint density at radius 2 is 1.55 bits per heavy atom. The van der Waals surface area contributed by atoms with Crippen LogP contribution in [-0.4, -0.2) is 66.6 Å². The van der Waals surface area contributed by atoms with Crippen LogP contribution >= 0.6 is 0 Å². The number of halogens is 6. The number of aromatic nitrogens is 3. The zero-order valence-corrected chi connectivity index (χ0v) is 23.1. The molecule has 226 valence electrons. The lowest BCUT2D eigenvalue weighted by Gasteiger charge is -2.34. The molecule has 0 bridgehead atoms. The Bertz CT molecular complexity index is 1540. The zero-order valence-electron chi connectivity index (χ0n) is 22.2. The monoisotopic (exact) mass is 615 g/mol. The van der Waals surface area contributed by atoms with Crippen molar-refractivity contribution >= 4 is 16.0 Å². The van der Waals surface area contributed by atoms with Gasteiger partial charge in [-0.1, -0.05) is 24.3 Å². The molecule has 2 heterocycles. The van der Waals surface area contributed by atoms with Crippen molar-refractivity contribution in [1.29, 1.82) is 0 Å². The van der Waals surface area contributed by atoms with Crippen LogP contribution in [0.2, 0.25) is 0 Å². The average Bonchev–Trinajstić information content (AvgIpc) is 2.95. The first kappa shape index (κ1) is 30.0. The number of rotatable bonds is 7. The molecule has 0 saturated carbocycles. The molecule has 8 nitrogen and oxygen atoms in total. The van der Waals surface area contributed by atoms with Crippen molar-refractivity contribution in [3.63, 3.8) is 0 Å². The van der Waals surface area contributed by atoms with Crippen LogP contribution in [0.5, 0.6) is 6.01 Å². The Morgan fingerprint density at radius 1 is 0.833 bits per heavy atom. The van der Waals surface area contributed by atoms with Crippen LogP contribution in [0.4, 0.5) is 32.3 Å². The molecule has 1 fully saturated rings. The van der Waals surface area contributed by atoms with Crippen LogP contribution in [0.25, 0.3) is 0 Å². The lowest BCUT2D eigenvalue weighted by molar-refractivity contribution is -0.154. The summed E-state index contributed by atoms with van der Waals surface area (Å²) in [6, 6.07) is 9.00. The molecule has 5 rings (SSSR count). The fourth-order valence-corrected chi connectivity index (χ4v) is 6.48. The largest absolute Gasteiger partial charge is 0.454 e. The predicted octanol–water partition coefficient (Wildman–Crippen LogP) is 4.81. The lowest BCUT2D eigenvalue weighted by atomic mass is 9.92. The molecule has 0 unspecified atom stereocenters. The van der Waals surface area contributed by atoms with Gasteiger partial charge >= 0.3 is 18.4 Å². The molecule has 0 N–H and O–H groups in total. The normalized spacial score (nSPS) is 16.8. The first-order chi connectivity index (χ1) is 19.8. The molecule has 0 radical (unpaired) electrons.